The summed E-state index contributed by atoms with van der Waals surface area (Å²) in [7, 11) is 3.93. The van der Waals surface area contributed by atoms with Crippen molar-refractivity contribution in [2.75, 3.05) is 46.9 Å². The highest BCUT2D eigenvalue weighted by molar-refractivity contribution is 7.09. The molecule has 0 radical (unpaired) electrons. The summed E-state index contributed by atoms with van der Waals surface area (Å²) in [5, 5.41) is 5.23. The van der Waals surface area contributed by atoms with Gasteiger partial charge in [-0.3, -0.25) is 4.79 Å². The van der Waals surface area contributed by atoms with Crippen LogP contribution < -0.4 is 5.32 Å². The number of thiophene rings is 1. The van der Waals surface area contributed by atoms with Crippen molar-refractivity contribution in [3.8, 4) is 0 Å². The van der Waals surface area contributed by atoms with Crippen molar-refractivity contribution in [1.29, 1.82) is 0 Å². The van der Waals surface area contributed by atoms with Crippen LogP contribution in [0.4, 0.5) is 0 Å². The highest BCUT2D eigenvalue weighted by Gasteiger charge is 2.18. The van der Waals surface area contributed by atoms with E-state index in [-0.39, 0.29) is 12.0 Å². The number of amides is 1. The van der Waals surface area contributed by atoms with Crippen LogP contribution in [0.1, 0.15) is 4.88 Å². The molecule has 1 atom stereocenters. The van der Waals surface area contributed by atoms with Crippen molar-refractivity contribution in [2.24, 2.45) is 0 Å². The van der Waals surface area contributed by atoms with Gasteiger partial charge in [-0.2, -0.15) is 0 Å². The van der Waals surface area contributed by atoms with Crippen molar-refractivity contribution >= 4 is 17.2 Å². The Morgan fingerprint density at radius 3 is 3.20 bits per heavy atom. The van der Waals surface area contributed by atoms with Gasteiger partial charge in [0.25, 0.3) is 0 Å². The molecule has 2 rings (SSSR count). The Labute approximate surface area is 124 Å². The van der Waals surface area contributed by atoms with Gasteiger partial charge in [0.15, 0.2) is 0 Å². The van der Waals surface area contributed by atoms with Gasteiger partial charge in [-0.1, -0.05) is 6.07 Å². The Kier molecular flexibility index (Phi) is 5.97. The second-order valence-electron chi connectivity index (χ2n) is 5.22. The summed E-state index contributed by atoms with van der Waals surface area (Å²) in [5.41, 5.74) is 0. The molecule has 2 heterocycles. The van der Waals surface area contributed by atoms with Crippen molar-refractivity contribution in [2.45, 2.75) is 12.6 Å². The van der Waals surface area contributed by atoms with Gasteiger partial charge in [0.2, 0.25) is 5.91 Å². The average molecular weight is 297 g/mol. The topological polar surface area (TPSA) is 44.8 Å². The monoisotopic (exact) mass is 297 g/mol. The van der Waals surface area contributed by atoms with Crippen molar-refractivity contribution in [3.63, 3.8) is 0 Å². The molecule has 0 spiro atoms. The van der Waals surface area contributed by atoms with Crippen LogP contribution in [0.25, 0.3) is 0 Å². The standard InChI is InChI=1S/C14H23N3O2S/c1-16-5-6-19-12(10-16)8-15-9-14(18)17(2)11-13-4-3-7-20-13/h3-4,7,12,15H,5-6,8-11H2,1-2H3/t12-/m0/s1. The van der Waals surface area contributed by atoms with Gasteiger partial charge in [-0.25, -0.2) is 0 Å². The molecule has 1 fully saturated rings. The predicted octanol–water partition coefficient (Wildman–Crippen LogP) is 0.627. The zero-order chi connectivity index (χ0) is 14.4. The summed E-state index contributed by atoms with van der Waals surface area (Å²) < 4.78 is 5.65. The highest BCUT2D eigenvalue weighted by Crippen LogP contribution is 2.10. The first-order valence-corrected chi connectivity index (χ1v) is 7.80. The van der Waals surface area contributed by atoms with E-state index in [2.05, 4.69) is 17.3 Å². The Morgan fingerprint density at radius 1 is 1.65 bits per heavy atom. The molecule has 112 valence electrons. The summed E-state index contributed by atoms with van der Waals surface area (Å²) in [4.78, 5) is 17.2. The van der Waals surface area contributed by atoms with Crippen LogP contribution in [0.5, 0.6) is 0 Å². The molecule has 1 aromatic heterocycles. The molecule has 20 heavy (non-hydrogen) atoms. The van der Waals surface area contributed by atoms with Crippen molar-refractivity contribution in [1.82, 2.24) is 15.1 Å². The molecule has 0 saturated carbocycles. The fraction of sp³-hybridized carbons (Fsp3) is 0.643. The van der Waals surface area contributed by atoms with Crippen molar-refractivity contribution < 1.29 is 9.53 Å². The quantitative estimate of drug-likeness (QED) is 0.836. The lowest BCUT2D eigenvalue weighted by atomic mass is 10.3. The summed E-state index contributed by atoms with van der Waals surface area (Å²) >= 11 is 1.68. The lowest BCUT2D eigenvalue weighted by Crippen LogP contribution is -2.46. The van der Waals surface area contributed by atoms with E-state index in [9.17, 15) is 4.79 Å². The third kappa shape index (κ3) is 4.86. The molecule has 0 aromatic carbocycles. The Balaban J connectivity index is 1.64. The molecule has 0 unspecified atom stereocenters. The van der Waals surface area contributed by atoms with Crippen LogP contribution in [0, 0.1) is 0 Å². The molecule has 1 amide bonds. The number of ether oxygens (including phenoxy) is 1. The van der Waals surface area contributed by atoms with Crippen LogP contribution >= 0.6 is 11.3 Å². The molecule has 1 saturated heterocycles. The third-order valence-corrected chi connectivity index (χ3v) is 4.25. The normalized spacial score (nSPS) is 20.0. The Morgan fingerprint density at radius 2 is 2.50 bits per heavy atom. The summed E-state index contributed by atoms with van der Waals surface area (Å²) in [6.45, 7) is 4.45. The second kappa shape index (κ2) is 7.73. The van der Waals surface area contributed by atoms with Gasteiger partial charge in [-0.15, -0.1) is 11.3 Å². The first kappa shape index (κ1) is 15.4. The number of morpholine rings is 1. The van der Waals surface area contributed by atoms with Crippen LogP contribution in [0.3, 0.4) is 0 Å². The van der Waals surface area contributed by atoms with Crippen LogP contribution in [0.15, 0.2) is 17.5 Å². The number of nitrogens with zero attached hydrogens (tertiary/aromatic N) is 2. The Hall–Kier alpha value is -0.950. The number of hydrogen-bond donors (Lipinski definition) is 1. The summed E-state index contributed by atoms with van der Waals surface area (Å²) in [5.74, 6) is 0.113. The molecule has 1 aliphatic rings. The number of carbonyl (C=O) groups is 1. The predicted molar refractivity (Wildman–Crippen MR) is 80.9 cm³/mol. The van der Waals surface area contributed by atoms with E-state index < -0.39 is 0 Å². The molecular formula is C14H23N3O2S. The lowest BCUT2D eigenvalue weighted by Gasteiger charge is -2.30. The minimum atomic E-state index is 0.113. The maximum atomic E-state index is 12.0. The minimum absolute atomic E-state index is 0.113. The maximum Gasteiger partial charge on any atom is 0.236 e. The highest BCUT2D eigenvalue weighted by atomic mass is 32.1. The van der Waals surface area contributed by atoms with E-state index in [4.69, 9.17) is 4.74 Å². The zero-order valence-electron chi connectivity index (χ0n) is 12.2. The van der Waals surface area contributed by atoms with Gasteiger partial charge in [0, 0.05) is 31.6 Å². The van der Waals surface area contributed by atoms with E-state index >= 15 is 0 Å². The van der Waals surface area contributed by atoms with Gasteiger partial charge in [-0.05, 0) is 18.5 Å². The van der Waals surface area contributed by atoms with E-state index in [1.165, 1.54) is 4.88 Å². The summed E-state index contributed by atoms with van der Waals surface area (Å²) in [6, 6.07) is 4.06. The van der Waals surface area contributed by atoms with Gasteiger partial charge >= 0.3 is 0 Å². The number of nitrogens with one attached hydrogen (secondary N) is 1. The first-order valence-electron chi connectivity index (χ1n) is 6.92. The first-order chi connectivity index (χ1) is 9.65. The molecular weight excluding hydrogens is 274 g/mol. The largest absolute Gasteiger partial charge is 0.374 e. The van der Waals surface area contributed by atoms with Crippen LogP contribution in [-0.2, 0) is 16.1 Å². The number of carbonyl (C=O) groups excluding carboxylic acids is 1. The van der Waals surface area contributed by atoms with E-state index in [1.54, 1.807) is 16.2 Å². The number of hydrogen-bond acceptors (Lipinski definition) is 5. The lowest BCUT2D eigenvalue weighted by molar-refractivity contribution is -0.129. The molecule has 5 nitrogen and oxygen atoms in total. The van der Waals surface area contributed by atoms with E-state index in [0.29, 0.717) is 13.1 Å². The number of likely N-dealkylation sites (N-methyl/N-ethyl adjacent to an activating group) is 2. The average Bonchev–Trinajstić information content (AvgIpc) is 2.91. The minimum Gasteiger partial charge on any atom is -0.374 e. The van der Waals surface area contributed by atoms with Crippen molar-refractivity contribution in [3.05, 3.63) is 22.4 Å². The zero-order valence-corrected chi connectivity index (χ0v) is 13.0. The molecule has 0 aliphatic carbocycles. The van der Waals surface area contributed by atoms with E-state index in [0.717, 1.165) is 26.2 Å². The fourth-order valence-corrected chi connectivity index (χ4v) is 2.95. The summed E-state index contributed by atoms with van der Waals surface area (Å²) in [6.07, 6.45) is 0.184. The van der Waals surface area contributed by atoms with Crippen LogP contribution in [0.2, 0.25) is 0 Å². The van der Waals surface area contributed by atoms with Gasteiger partial charge < -0.3 is 19.9 Å². The van der Waals surface area contributed by atoms with E-state index in [1.807, 2.05) is 24.6 Å². The van der Waals surface area contributed by atoms with Gasteiger partial charge in [0.05, 0.1) is 25.8 Å². The molecule has 1 aromatic rings. The van der Waals surface area contributed by atoms with Gasteiger partial charge in [0.1, 0.15) is 0 Å². The molecule has 0 bridgehead atoms. The molecule has 1 N–H and O–H groups in total. The fourth-order valence-electron chi connectivity index (χ4n) is 2.19. The Bertz CT molecular complexity index is 411. The third-order valence-electron chi connectivity index (χ3n) is 3.39. The molecule has 6 heteroatoms. The smallest absolute Gasteiger partial charge is 0.236 e. The maximum absolute atomic E-state index is 12.0. The number of rotatable bonds is 6. The SMILES string of the molecule is CN1CCO[C@@H](CNCC(=O)N(C)Cc2cccs2)C1. The second-order valence-corrected chi connectivity index (χ2v) is 6.25. The van der Waals surface area contributed by atoms with Crippen LogP contribution in [-0.4, -0.2) is 68.7 Å². The molecule has 1 aliphatic heterocycles.